The number of ether oxygens (including phenoxy) is 1. The highest BCUT2D eigenvalue weighted by atomic mass is 16.5. The number of para-hydroxylation sites is 1. The zero-order chi connectivity index (χ0) is 13.1. The molecule has 0 radical (unpaired) electrons. The van der Waals surface area contributed by atoms with Gasteiger partial charge in [-0.05, 0) is 25.0 Å². The molecule has 96 valence electrons. The summed E-state index contributed by atoms with van der Waals surface area (Å²) in [6.45, 7) is 7.34. The van der Waals surface area contributed by atoms with Crippen LogP contribution in [0.25, 0.3) is 10.9 Å². The zero-order valence-electron chi connectivity index (χ0n) is 11.1. The predicted molar refractivity (Wildman–Crippen MR) is 72.7 cm³/mol. The van der Waals surface area contributed by atoms with Gasteiger partial charge in [-0.25, -0.2) is 4.79 Å². The molecule has 0 unspecified atom stereocenters. The van der Waals surface area contributed by atoms with Crippen molar-refractivity contribution in [3.8, 4) is 0 Å². The first kappa shape index (κ1) is 12.7. The van der Waals surface area contributed by atoms with E-state index in [-0.39, 0.29) is 5.97 Å². The van der Waals surface area contributed by atoms with Crippen molar-refractivity contribution >= 4 is 16.9 Å². The van der Waals surface area contributed by atoms with Gasteiger partial charge in [0.1, 0.15) is 5.69 Å². The van der Waals surface area contributed by atoms with E-state index in [1.165, 1.54) is 0 Å². The van der Waals surface area contributed by atoms with Crippen LogP contribution in [-0.2, 0) is 11.3 Å². The smallest absolute Gasteiger partial charge is 0.354 e. The van der Waals surface area contributed by atoms with Gasteiger partial charge in [-0.2, -0.15) is 0 Å². The molecule has 0 aliphatic carbocycles. The lowest BCUT2D eigenvalue weighted by Gasteiger charge is -2.12. The summed E-state index contributed by atoms with van der Waals surface area (Å²) in [6.07, 6.45) is 0. The Balaban J connectivity index is 2.53. The quantitative estimate of drug-likeness (QED) is 0.772. The molecule has 0 fully saturated rings. The van der Waals surface area contributed by atoms with E-state index in [0.29, 0.717) is 18.2 Å². The molecule has 0 aliphatic rings. The summed E-state index contributed by atoms with van der Waals surface area (Å²) in [5, 5.41) is 1.08. The molecule has 3 heteroatoms. The van der Waals surface area contributed by atoms with Crippen LogP contribution in [0.1, 0.15) is 31.3 Å². The Kier molecular flexibility index (Phi) is 3.70. The fraction of sp³-hybridized carbons (Fsp3) is 0.400. The summed E-state index contributed by atoms with van der Waals surface area (Å²) in [7, 11) is 0. The number of carbonyl (C=O) groups is 1. The summed E-state index contributed by atoms with van der Waals surface area (Å²) >= 11 is 0. The number of benzene rings is 1. The van der Waals surface area contributed by atoms with E-state index in [0.717, 1.165) is 17.4 Å². The van der Waals surface area contributed by atoms with E-state index < -0.39 is 0 Å². The molecule has 1 aromatic heterocycles. The molecule has 0 aliphatic heterocycles. The van der Waals surface area contributed by atoms with E-state index in [2.05, 4.69) is 18.4 Å². The molecule has 0 saturated heterocycles. The molecule has 18 heavy (non-hydrogen) atoms. The van der Waals surface area contributed by atoms with Gasteiger partial charge >= 0.3 is 5.97 Å². The van der Waals surface area contributed by atoms with Crippen LogP contribution >= 0.6 is 0 Å². The molecule has 3 nitrogen and oxygen atoms in total. The van der Waals surface area contributed by atoms with Gasteiger partial charge in [0.15, 0.2) is 0 Å². The molecule has 0 bridgehead atoms. The highest BCUT2D eigenvalue weighted by Crippen LogP contribution is 2.21. The SMILES string of the molecule is CCOC(=O)c1cc2ccccc2n1CC(C)C. The fourth-order valence-corrected chi connectivity index (χ4v) is 2.15. The highest BCUT2D eigenvalue weighted by molar-refractivity contribution is 5.95. The van der Waals surface area contributed by atoms with Crippen molar-refractivity contribution in [3.63, 3.8) is 0 Å². The van der Waals surface area contributed by atoms with Crippen LogP contribution in [-0.4, -0.2) is 17.1 Å². The van der Waals surface area contributed by atoms with Crippen LogP contribution in [0.4, 0.5) is 0 Å². The van der Waals surface area contributed by atoms with Gasteiger partial charge in [-0.15, -0.1) is 0 Å². The van der Waals surface area contributed by atoms with Crippen molar-refractivity contribution in [2.75, 3.05) is 6.61 Å². The molecule has 0 saturated carbocycles. The molecule has 2 aromatic rings. The highest BCUT2D eigenvalue weighted by Gasteiger charge is 2.16. The largest absolute Gasteiger partial charge is 0.461 e. The van der Waals surface area contributed by atoms with Gasteiger partial charge in [0.05, 0.1) is 6.61 Å². The molecule has 0 atom stereocenters. The third-order valence-corrected chi connectivity index (χ3v) is 2.84. The number of rotatable bonds is 4. The number of hydrogen-bond donors (Lipinski definition) is 0. The van der Waals surface area contributed by atoms with E-state index in [1.54, 1.807) is 0 Å². The van der Waals surface area contributed by atoms with Crippen molar-refractivity contribution in [2.24, 2.45) is 5.92 Å². The van der Waals surface area contributed by atoms with Gasteiger partial charge in [-0.1, -0.05) is 32.0 Å². The standard InChI is InChI=1S/C15H19NO2/c1-4-18-15(17)14-9-12-7-5-6-8-13(12)16(14)10-11(2)3/h5-9,11H,4,10H2,1-3H3. The summed E-state index contributed by atoms with van der Waals surface area (Å²) in [5.41, 5.74) is 1.74. The predicted octanol–water partition coefficient (Wildman–Crippen LogP) is 3.47. The number of aromatic nitrogens is 1. The first-order chi connectivity index (χ1) is 8.63. The third-order valence-electron chi connectivity index (χ3n) is 2.84. The molecule has 0 spiro atoms. The maximum Gasteiger partial charge on any atom is 0.354 e. The first-order valence-electron chi connectivity index (χ1n) is 6.39. The molecule has 2 rings (SSSR count). The Morgan fingerprint density at radius 2 is 2.06 bits per heavy atom. The molecule has 1 heterocycles. The summed E-state index contributed by atoms with van der Waals surface area (Å²) in [6, 6.07) is 9.95. The second kappa shape index (κ2) is 5.25. The normalized spacial score (nSPS) is 11.1. The second-order valence-electron chi connectivity index (χ2n) is 4.81. The van der Waals surface area contributed by atoms with E-state index in [4.69, 9.17) is 4.74 Å². The maximum atomic E-state index is 12.0. The lowest BCUT2D eigenvalue weighted by molar-refractivity contribution is 0.0513. The van der Waals surface area contributed by atoms with Crippen LogP contribution < -0.4 is 0 Å². The minimum atomic E-state index is -0.241. The van der Waals surface area contributed by atoms with E-state index >= 15 is 0 Å². The van der Waals surface area contributed by atoms with Crippen LogP contribution in [0, 0.1) is 5.92 Å². The Morgan fingerprint density at radius 3 is 2.72 bits per heavy atom. The van der Waals surface area contributed by atoms with Crippen LogP contribution in [0.15, 0.2) is 30.3 Å². The van der Waals surface area contributed by atoms with Crippen molar-refractivity contribution in [2.45, 2.75) is 27.3 Å². The summed E-state index contributed by atoms with van der Waals surface area (Å²) in [4.78, 5) is 12.0. The number of carbonyl (C=O) groups excluding carboxylic acids is 1. The van der Waals surface area contributed by atoms with Gasteiger partial charge in [0, 0.05) is 17.4 Å². The lowest BCUT2D eigenvalue weighted by atomic mass is 10.2. The first-order valence-corrected chi connectivity index (χ1v) is 6.39. The Morgan fingerprint density at radius 1 is 1.33 bits per heavy atom. The molecule has 1 aromatic carbocycles. The van der Waals surface area contributed by atoms with Gasteiger partial charge in [0.2, 0.25) is 0 Å². The molecular formula is C15H19NO2. The van der Waals surface area contributed by atoms with Crippen molar-refractivity contribution < 1.29 is 9.53 Å². The van der Waals surface area contributed by atoms with E-state index in [1.807, 2.05) is 37.3 Å². The van der Waals surface area contributed by atoms with Crippen LogP contribution in [0.2, 0.25) is 0 Å². The Hall–Kier alpha value is -1.77. The third kappa shape index (κ3) is 2.40. The molecular weight excluding hydrogens is 226 g/mol. The number of nitrogens with zero attached hydrogens (tertiary/aromatic N) is 1. The number of esters is 1. The average molecular weight is 245 g/mol. The topological polar surface area (TPSA) is 31.2 Å². The zero-order valence-corrected chi connectivity index (χ0v) is 11.1. The van der Waals surface area contributed by atoms with Gasteiger partial charge in [-0.3, -0.25) is 0 Å². The maximum absolute atomic E-state index is 12.0. The molecule has 0 N–H and O–H groups in total. The minimum Gasteiger partial charge on any atom is -0.461 e. The van der Waals surface area contributed by atoms with Gasteiger partial charge < -0.3 is 9.30 Å². The number of hydrogen-bond acceptors (Lipinski definition) is 2. The number of fused-ring (bicyclic) bond motifs is 1. The fourth-order valence-electron chi connectivity index (χ4n) is 2.15. The van der Waals surface area contributed by atoms with Crippen molar-refractivity contribution in [1.82, 2.24) is 4.57 Å². The van der Waals surface area contributed by atoms with E-state index in [9.17, 15) is 4.79 Å². The lowest BCUT2D eigenvalue weighted by Crippen LogP contribution is -2.14. The second-order valence-corrected chi connectivity index (χ2v) is 4.81. The molecule has 0 amide bonds. The van der Waals surface area contributed by atoms with Crippen LogP contribution in [0.5, 0.6) is 0 Å². The monoisotopic (exact) mass is 245 g/mol. The average Bonchev–Trinajstić information content (AvgIpc) is 2.68. The van der Waals surface area contributed by atoms with Crippen molar-refractivity contribution in [3.05, 3.63) is 36.0 Å². The Bertz CT molecular complexity index is 555. The van der Waals surface area contributed by atoms with Crippen LogP contribution in [0.3, 0.4) is 0 Å². The Labute approximate surface area is 107 Å². The summed E-state index contributed by atoms with van der Waals surface area (Å²) in [5.74, 6) is 0.239. The van der Waals surface area contributed by atoms with Gasteiger partial charge in [0.25, 0.3) is 0 Å². The summed E-state index contributed by atoms with van der Waals surface area (Å²) < 4.78 is 7.17. The minimum absolute atomic E-state index is 0.241. The van der Waals surface area contributed by atoms with Crippen molar-refractivity contribution in [1.29, 1.82) is 0 Å².